The largest absolute Gasteiger partial charge is 0.481 e. The number of hydrogen-bond acceptors (Lipinski definition) is 3. The Bertz CT molecular complexity index is 697. The van der Waals surface area contributed by atoms with E-state index in [1.165, 1.54) is 5.57 Å². The molecule has 0 aliphatic heterocycles. The first-order valence-corrected chi connectivity index (χ1v) is 11.3. The molecule has 0 heterocycles. The van der Waals surface area contributed by atoms with Gasteiger partial charge in [0.25, 0.3) is 0 Å². The second kappa shape index (κ2) is 6.97. The highest BCUT2D eigenvalue weighted by Crippen LogP contribution is 2.66. The molecule has 7 unspecified atom stereocenters. The predicted octanol–water partition coefficient (Wildman–Crippen LogP) is 4.61. The van der Waals surface area contributed by atoms with Gasteiger partial charge in [0, 0.05) is 12.3 Å². The van der Waals surface area contributed by atoms with Crippen molar-refractivity contribution < 1.29 is 19.8 Å². The van der Waals surface area contributed by atoms with E-state index in [0.717, 1.165) is 44.9 Å². The van der Waals surface area contributed by atoms with Crippen molar-refractivity contribution in [1.82, 2.24) is 0 Å². The number of allylic oxidation sites excluding steroid dienone is 1. The summed E-state index contributed by atoms with van der Waals surface area (Å²) in [4.78, 5) is 24.3. The van der Waals surface area contributed by atoms with E-state index in [4.69, 9.17) is 5.11 Å². The first-order valence-electron chi connectivity index (χ1n) is 11.3. The number of aliphatic carboxylic acids is 1. The zero-order valence-corrected chi connectivity index (χ0v) is 17.6. The molecule has 8 atom stereocenters. The van der Waals surface area contributed by atoms with Crippen LogP contribution in [-0.4, -0.2) is 28.1 Å². The molecule has 0 bridgehead atoms. The summed E-state index contributed by atoms with van der Waals surface area (Å²) in [6.45, 7) is 6.96. The summed E-state index contributed by atoms with van der Waals surface area (Å²) in [5, 5.41) is 19.2. The quantitative estimate of drug-likeness (QED) is 0.738. The molecule has 28 heavy (non-hydrogen) atoms. The standard InChI is InChI=1S/C24H36O4/c1-14(4-7-21(27)28)17-5-6-18-22-19(9-11-24(17,18)3)23(2)10-8-16(25)12-15(23)13-20(22)26/h13-14,16-19,22,25H,4-12H2,1-3H3,(H,27,28)/t14?,16-,17?,18?,19?,22?,23?,24?/m0/s1. The van der Waals surface area contributed by atoms with E-state index >= 15 is 0 Å². The van der Waals surface area contributed by atoms with Crippen LogP contribution < -0.4 is 0 Å². The number of fused-ring (bicyclic) bond motifs is 5. The minimum atomic E-state index is -0.706. The summed E-state index contributed by atoms with van der Waals surface area (Å²) >= 11 is 0. The van der Waals surface area contributed by atoms with Crippen molar-refractivity contribution in [3.05, 3.63) is 11.6 Å². The van der Waals surface area contributed by atoms with Crippen LogP contribution in [0.4, 0.5) is 0 Å². The molecule has 4 aliphatic carbocycles. The minimum Gasteiger partial charge on any atom is -0.481 e. The van der Waals surface area contributed by atoms with Gasteiger partial charge >= 0.3 is 5.97 Å². The Hall–Kier alpha value is -1.16. The van der Waals surface area contributed by atoms with Crippen LogP contribution in [0.5, 0.6) is 0 Å². The molecular weight excluding hydrogens is 352 g/mol. The lowest BCUT2D eigenvalue weighted by Crippen LogP contribution is -2.53. The molecule has 0 saturated heterocycles. The average Bonchev–Trinajstić information content (AvgIpc) is 2.98. The molecule has 0 aromatic carbocycles. The van der Waals surface area contributed by atoms with Crippen molar-refractivity contribution in [3.8, 4) is 0 Å². The van der Waals surface area contributed by atoms with Crippen molar-refractivity contribution in [1.29, 1.82) is 0 Å². The molecule has 0 amide bonds. The van der Waals surface area contributed by atoms with E-state index in [1.807, 2.05) is 6.08 Å². The van der Waals surface area contributed by atoms with Crippen molar-refractivity contribution in [2.24, 2.45) is 40.4 Å². The lowest BCUT2D eigenvalue weighted by molar-refractivity contribution is -0.137. The number of carboxylic acids is 1. The second-order valence-electron chi connectivity index (χ2n) is 10.8. The normalized spacial score (nSPS) is 46.2. The molecular formula is C24H36O4. The zero-order chi connectivity index (χ0) is 20.3. The van der Waals surface area contributed by atoms with Crippen molar-refractivity contribution >= 4 is 11.8 Å². The maximum atomic E-state index is 13.3. The SMILES string of the molecule is CC(CCC(=O)O)C1CCC2C3C(=O)C=C4C[C@@H](O)CCC4(C)C3CCC12C. The molecule has 3 saturated carbocycles. The van der Waals surface area contributed by atoms with Gasteiger partial charge in [0.1, 0.15) is 0 Å². The highest BCUT2D eigenvalue weighted by atomic mass is 16.4. The molecule has 4 heteroatoms. The number of carbonyl (C=O) groups is 2. The maximum absolute atomic E-state index is 13.3. The highest BCUT2D eigenvalue weighted by Gasteiger charge is 2.61. The van der Waals surface area contributed by atoms with Gasteiger partial charge in [-0.25, -0.2) is 0 Å². The van der Waals surface area contributed by atoms with E-state index in [1.54, 1.807) is 0 Å². The summed E-state index contributed by atoms with van der Waals surface area (Å²) in [6, 6.07) is 0. The Morgan fingerprint density at radius 3 is 2.64 bits per heavy atom. The average molecular weight is 389 g/mol. The number of carboxylic acid groups (broad SMARTS) is 1. The Morgan fingerprint density at radius 1 is 1.18 bits per heavy atom. The fourth-order valence-corrected chi connectivity index (χ4v) is 7.91. The maximum Gasteiger partial charge on any atom is 0.303 e. The van der Waals surface area contributed by atoms with Crippen molar-refractivity contribution in [2.75, 3.05) is 0 Å². The molecule has 0 aromatic rings. The smallest absolute Gasteiger partial charge is 0.303 e. The summed E-state index contributed by atoms with van der Waals surface area (Å²) < 4.78 is 0. The molecule has 0 spiro atoms. The lowest BCUT2D eigenvalue weighted by atomic mass is 9.46. The second-order valence-corrected chi connectivity index (χ2v) is 10.8. The monoisotopic (exact) mass is 388 g/mol. The Morgan fingerprint density at radius 2 is 1.93 bits per heavy atom. The van der Waals surface area contributed by atoms with Crippen LogP contribution in [0.25, 0.3) is 0 Å². The number of hydrogen-bond donors (Lipinski definition) is 2. The predicted molar refractivity (Wildman–Crippen MR) is 108 cm³/mol. The van der Waals surface area contributed by atoms with E-state index in [2.05, 4.69) is 20.8 Å². The van der Waals surface area contributed by atoms with Crippen LogP contribution in [0.2, 0.25) is 0 Å². The Kier molecular flexibility index (Phi) is 5.01. The number of aliphatic hydroxyl groups excluding tert-OH is 1. The van der Waals surface area contributed by atoms with Gasteiger partial charge in [-0.15, -0.1) is 0 Å². The Labute approximate surface area is 168 Å². The van der Waals surface area contributed by atoms with E-state index in [-0.39, 0.29) is 29.3 Å². The van der Waals surface area contributed by atoms with Crippen LogP contribution in [0.15, 0.2) is 11.6 Å². The van der Waals surface area contributed by atoms with E-state index in [9.17, 15) is 14.7 Å². The molecule has 4 nitrogen and oxygen atoms in total. The number of rotatable bonds is 4. The van der Waals surface area contributed by atoms with Crippen LogP contribution in [0.1, 0.15) is 78.6 Å². The van der Waals surface area contributed by atoms with Gasteiger partial charge in [-0.05, 0) is 91.9 Å². The van der Waals surface area contributed by atoms with Gasteiger partial charge < -0.3 is 10.2 Å². The fraction of sp³-hybridized carbons (Fsp3) is 0.833. The van der Waals surface area contributed by atoms with Gasteiger partial charge in [0.15, 0.2) is 5.78 Å². The third kappa shape index (κ3) is 2.98. The summed E-state index contributed by atoms with van der Waals surface area (Å²) in [7, 11) is 0. The lowest BCUT2D eigenvalue weighted by Gasteiger charge is -2.57. The van der Waals surface area contributed by atoms with Crippen LogP contribution >= 0.6 is 0 Å². The van der Waals surface area contributed by atoms with Crippen molar-refractivity contribution in [2.45, 2.75) is 84.7 Å². The molecule has 156 valence electrons. The fourth-order valence-electron chi connectivity index (χ4n) is 7.91. The number of aliphatic hydroxyl groups is 1. The third-order valence-electron chi connectivity index (χ3n) is 9.49. The summed E-state index contributed by atoms with van der Waals surface area (Å²) in [6.07, 6.45) is 9.60. The van der Waals surface area contributed by atoms with Crippen LogP contribution in [-0.2, 0) is 9.59 Å². The molecule has 3 fully saturated rings. The first-order chi connectivity index (χ1) is 13.2. The van der Waals surface area contributed by atoms with Gasteiger partial charge in [-0.1, -0.05) is 26.3 Å². The molecule has 2 N–H and O–H groups in total. The first kappa shape index (κ1) is 20.1. The van der Waals surface area contributed by atoms with E-state index in [0.29, 0.717) is 35.9 Å². The molecule has 4 rings (SSSR count). The number of carbonyl (C=O) groups excluding carboxylic acids is 1. The van der Waals surface area contributed by atoms with Gasteiger partial charge in [0.05, 0.1) is 6.10 Å². The topological polar surface area (TPSA) is 74.6 Å². The molecule has 0 radical (unpaired) electrons. The molecule has 0 aromatic heterocycles. The van der Waals surface area contributed by atoms with Crippen LogP contribution in [0, 0.1) is 40.4 Å². The molecule has 4 aliphatic rings. The minimum absolute atomic E-state index is 0.0755. The Balaban J connectivity index is 1.60. The zero-order valence-electron chi connectivity index (χ0n) is 17.6. The van der Waals surface area contributed by atoms with Gasteiger partial charge in [0.2, 0.25) is 0 Å². The third-order valence-corrected chi connectivity index (χ3v) is 9.49. The van der Waals surface area contributed by atoms with Crippen LogP contribution in [0.3, 0.4) is 0 Å². The summed E-state index contributed by atoms with van der Waals surface area (Å²) in [5.74, 6) is 1.49. The highest BCUT2D eigenvalue weighted by molar-refractivity contribution is 5.94. The summed E-state index contributed by atoms with van der Waals surface area (Å²) in [5.41, 5.74) is 1.43. The van der Waals surface area contributed by atoms with Crippen molar-refractivity contribution in [3.63, 3.8) is 0 Å². The van der Waals surface area contributed by atoms with Gasteiger partial charge in [-0.2, -0.15) is 0 Å². The van der Waals surface area contributed by atoms with E-state index < -0.39 is 5.97 Å². The number of ketones is 1. The van der Waals surface area contributed by atoms with Gasteiger partial charge in [-0.3, -0.25) is 9.59 Å².